The first kappa shape index (κ1) is 15.3. The second-order valence-corrected chi connectivity index (χ2v) is 5.77. The maximum Gasteiger partial charge on any atom is 0.308 e. The maximum atomic E-state index is 12.3. The van der Waals surface area contributed by atoms with Crippen LogP contribution < -0.4 is 5.32 Å². The Kier molecular flexibility index (Phi) is 5.37. The van der Waals surface area contributed by atoms with Crippen molar-refractivity contribution in [1.82, 2.24) is 15.1 Å². The summed E-state index contributed by atoms with van der Waals surface area (Å²) in [5.74, 6) is -0.00120. The number of hydrogen-bond donors (Lipinski definition) is 1. The molecule has 2 heterocycles. The summed E-state index contributed by atoms with van der Waals surface area (Å²) in [5, 5.41) is 3.37. The van der Waals surface area contributed by atoms with Crippen molar-refractivity contribution in [3.8, 4) is 0 Å². The minimum atomic E-state index is -0.145. The molecule has 0 aliphatic carbocycles. The number of likely N-dealkylation sites (tertiary alicyclic amines) is 1. The Labute approximate surface area is 120 Å². The molecule has 114 valence electrons. The number of methoxy groups -OCH3 is 1. The first-order chi connectivity index (χ1) is 9.60. The molecule has 2 aliphatic rings. The zero-order chi connectivity index (χ0) is 14.5. The molecule has 1 N–H and O–H groups in total. The van der Waals surface area contributed by atoms with E-state index in [1.165, 1.54) is 7.11 Å². The lowest BCUT2D eigenvalue weighted by atomic mass is 9.97. The Hall–Kier alpha value is -1.14. The van der Waals surface area contributed by atoms with Crippen LogP contribution in [0.5, 0.6) is 0 Å². The van der Waals surface area contributed by atoms with Crippen molar-refractivity contribution in [3.05, 3.63) is 0 Å². The van der Waals surface area contributed by atoms with Crippen LogP contribution in [0.25, 0.3) is 0 Å². The van der Waals surface area contributed by atoms with E-state index >= 15 is 0 Å². The van der Waals surface area contributed by atoms with Crippen molar-refractivity contribution in [2.45, 2.75) is 25.8 Å². The average Bonchev–Trinajstić information content (AvgIpc) is 2.46. The van der Waals surface area contributed by atoms with E-state index in [2.05, 4.69) is 17.1 Å². The molecule has 2 aliphatic heterocycles. The number of hydrogen-bond acceptors (Lipinski definition) is 5. The van der Waals surface area contributed by atoms with Crippen LogP contribution >= 0.6 is 0 Å². The summed E-state index contributed by atoms with van der Waals surface area (Å²) in [7, 11) is 1.42. The number of nitrogens with zero attached hydrogens (tertiary/aromatic N) is 2. The largest absolute Gasteiger partial charge is 0.469 e. The van der Waals surface area contributed by atoms with Gasteiger partial charge in [-0.05, 0) is 19.8 Å². The molecule has 1 atom stereocenters. The lowest BCUT2D eigenvalue weighted by Crippen LogP contribution is -2.53. The van der Waals surface area contributed by atoms with Crippen LogP contribution in [0.4, 0.5) is 0 Å². The van der Waals surface area contributed by atoms with Gasteiger partial charge in [-0.3, -0.25) is 14.5 Å². The second kappa shape index (κ2) is 7.04. The van der Waals surface area contributed by atoms with Crippen LogP contribution in [-0.4, -0.2) is 74.1 Å². The van der Waals surface area contributed by atoms with E-state index in [9.17, 15) is 9.59 Å². The SMILES string of the molecule is COC(=O)C1CCN(C(=O)CN2CCN[C@@H](C)C2)CC1. The second-order valence-electron chi connectivity index (χ2n) is 5.77. The van der Waals surface area contributed by atoms with E-state index in [1.54, 1.807) is 0 Å². The lowest BCUT2D eigenvalue weighted by Gasteiger charge is -2.35. The molecule has 1 amide bonds. The number of piperidine rings is 1. The van der Waals surface area contributed by atoms with Gasteiger partial charge in [0, 0.05) is 38.8 Å². The van der Waals surface area contributed by atoms with E-state index < -0.39 is 0 Å². The predicted molar refractivity (Wildman–Crippen MR) is 75.2 cm³/mol. The number of carbonyl (C=O) groups is 2. The van der Waals surface area contributed by atoms with Gasteiger partial charge in [-0.2, -0.15) is 0 Å². The van der Waals surface area contributed by atoms with Gasteiger partial charge in [0.1, 0.15) is 0 Å². The molecule has 2 rings (SSSR count). The monoisotopic (exact) mass is 283 g/mol. The molecule has 20 heavy (non-hydrogen) atoms. The standard InChI is InChI=1S/C14H25N3O3/c1-11-9-16(8-5-15-11)10-13(18)17-6-3-12(4-7-17)14(19)20-2/h11-12,15H,3-10H2,1-2H3/t11-/m0/s1. The summed E-state index contributed by atoms with van der Waals surface area (Å²) in [6.07, 6.45) is 1.44. The minimum Gasteiger partial charge on any atom is -0.469 e. The number of amides is 1. The maximum absolute atomic E-state index is 12.3. The fourth-order valence-corrected chi connectivity index (χ4v) is 2.98. The van der Waals surface area contributed by atoms with Crippen molar-refractivity contribution >= 4 is 11.9 Å². The zero-order valence-electron chi connectivity index (χ0n) is 12.4. The Morgan fingerprint density at radius 2 is 1.95 bits per heavy atom. The van der Waals surface area contributed by atoms with Crippen molar-refractivity contribution in [2.75, 3.05) is 46.4 Å². The van der Waals surface area contributed by atoms with Crippen LogP contribution in [0, 0.1) is 5.92 Å². The number of esters is 1. The summed E-state index contributed by atoms with van der Waals surface area (Å²) < 4.78 is 4.76. The molecule has 0 aromatic rings. The van der Waals surface area contributed by atoms with Crippen LogP contribution in [0.2, 0.25) is 0 Å². The topological polar surface area (TPSA) is 61.9 Å². The quantitative estimate of drug-likeness (QED) is 0.720. The summed E-state index contributed by atoms with van der Waals surface area (Å²) in [5.41, 5.74) is 0. The van der Waals surface area contributed by atoms with Crippen LogP contribution in [0.1, 0.15) is 19.8 Å². The minimum absolute atomic E-state index is 0.0386. The highest BCUT2D eigenvalue weighted by Crippen LogP contribution is 2.18. The van der Waals surface area contributed by atoms with E-state index in [-0.39, 0.29) is 17.8 Å². The molecule has 2 saturated heterocycles. The summed E-state index contributed by atoms with van der Waals surface area (Å²) in [6, 6.07) is 0.446. The summed E-state index contributed by atoms with van der Waals surface area (Å²) in [6.45, 7) is 6.76. The van der Waals surface area contributed by atoms with Gasteiger partial charge in [-0.25, -0.2) is 0 Å². The molecular formula is C14H25N3O3. The number of carbonyl (C=O) groups excluding carboxylic acids is 2. The molecule has 0 saturated carbocycles. The zero-order valence-corrected chi connectivity index (χ0v) is 12.4. The van der Waals surface area contributed by atoms with Crippen molar-refractivity contribution in [2.24, 2.45) is 5.92 Å². The van der Waals surface area contributed by atoms with Gasteiger partial charge < -0.3 is 15.0 Å². The number of nitrogens with one attached hydrogen (secondary N) is 1. The fraction of sp³-hybridized carbons (Fsp3) is 0.857. The van der Waals surface area contributed by atoms with E-state index in [1.807, 2.05) is 4.90 Å². The van der Waals surface area contributed by atoms with Gasteiger partial charge in [-0.1, -0.05) is 0 Å². The third-order valence-electron chi connectivity index (χ3n) is 4.19. The highest BCUT2D eigenvalue weighted by atomic mass is 16.5. The summed E-state index contributed by atoms with van der Waals surface area (Å²) in [4.78, 5) is 27.8. The van der Waals surface area contributed by atoms with E-state index in [4.69, 9.17) is 4.74 Å². The molecule has 0 radical (unpaired) electrons. The normalized spacial score (nSPS) is 25.5. The smallest absolute Gasteiger partial charge is 0.308 e. The first-order valence-corrected chi connectivity index (χ1v) is 7.41. The third-order valence-corrected chi connectivity index (χ3v) is 4.19. The summed E-state index contributed by atoms with van der Waals surface area (Å²) >= 11 is 0. The van der Waals surface area contributed by atoms with Crippen molar-refractivity contribution < 1.29 is 14.3 Å². The molecule has 0 unspecified atom stereocenters. The molecular weight excluding hydrogens is 258 g/mol. The van der Waals surface area contributed by atoms with Gasteiger partial charge in [0.05, 0.1) is 19.6 Å². The molecule has 6 heteroatoms. The van der Waals surface area contributed by atoms with Gasteiger partial charge in [-0.15, -0.1) is 0 Å². The Morgan fingerprint density at radius 1 is 1.25 bits per heavy atom. The number of rotatable bonds is 3. The lowest BCUT2D eigenvalue weighted by molar-refractivity contribution is -0.149. The van der Waals surface area contributed by atoms with Gasteiger partial charge >= 0.3 is 5.97 Å². The number of ether oxygens (including phenoxy) is 1. The first-order valence-electron chi connectivity index (χ1n) is 7.41. The van der Waals surface area contributed by atoms with Crippen LogP contribution in [0.3, 0.4) is 0 Å². The van der Waals surface area contributed by atoms with Gasteiger partial charge in [0.15, 0.2) is 0 Å². The Balaban J connectivity index is 1.75. The highest BCUT2D eigenvalue weighted by Gasteiger charge is 2.29. The Bertz CT molecular complexity index is 354. The molecule has 6 nitrogen and oxygen atoms in total. The molecule has 0 aromatic heterocycles. The molecule has 2 fully saturated rings. The number of piperazine rings is 1. The van der Waals surface area contributed by atoms with Gasteiger partial charge in [0.25, 0.3) is 0 Å². The van der Waals surface area contributed by atoms with Crippen molar-refractivity contribution in [1.29, 1.82) is 0 Å². The van der Waals surface area contributed by atoms with Gasteiger partial charge in [0.2, 0.25) is 5.91 Å². The van der Waals surface area contributed by atoms with E-state index in [0.717, 1.165) is 32.5 Å². The van der Waals surface area contributed by atoms with Crippen LogP contribution in [-0.2, 0) is 14.3 Å². The third kappa shape index (κ3) is 3.93. The Morgan fingerprint density at radius 3 is 2.55 bits per heavy atom. The van der Waals surface area contributed by atoms with Crippen LogP contribution in [0.15, 0.2) is 0 Å². The van der Waals surface area contributed by atoms with E-state index in [0.29, 0.717) is 25.7 Å². The fourth-order valence-electron chi connectivity index (χ4n) is 2.98. The average molecular weight is 283 g/mol. The molecule has 0 aromatic carbocycles. The predicted octanol–water partition coefficient (Wildman–Crippen LogP) is -0.308. The molecule has 0 spiro atoms. The van der Waals surface area contributed by atoms with Crippen molar-refractivity contribution in [3.63, 3.8) is 0 Å². The highest BCUT2D eigenvalue weighted by molar-refractivity contribution is 5.79. The molecule has 0 bridgehead atoms.